The molecule has 144 valence electrons. The third-order valence-corrected chi connectivity index (χ3v) is 3.97. The van der Waals surface area contributed by atoms with E-state index in [2.05, 4.69) is 15.6 Å². The monoisotopic (exact) mass is 365 g/mol. The van der Waals surface area contributed by atoms with Crippen LogP contribution in [0.3, 0.4) is 0 Å². The molecule has 0 fully saturated rings. The number of carboxylic acid groups (broad SMARTS) is 1. The zero-order chi connectivity index (χ0) is 20.0. The first-order valence-corrected chi connectivity index (χ1v) is 8.61. The largest absolute Gasteiger partial charge is 0.480 e. The van der Waals surface area contributed by atoms with Gasteiger partial charge >= 0.3 is 5.97 Å². The standard InChI is InChI=1S/C18H27N3O5/c1-6-12-15(11(5)22)10(4)20-16(12)17(24)19-8-14(23)21-13(18(25)26)7-9(2)3/h9,13,20H,6-8H2,1-5H3,(H,19,24)(H,21,23)(H,25,26)/t13-/m0/s1. The van der Waals surface area contributed by atoms with E-state index < -0.39 is 23.8 Å². The van der Waals surface area contributed by atoms with E-state index in [1.807, 2.05) is 20.8 Å². The predicted octanol–water partition coefficient (Wildman–Crippen LogP) is 1.43. The van der Waals surface area contributed by atoms with Crippen LogP contribution in [0.2, 0.25) is 0 Å². The van der Waals surface area contributed by atoms with Gasteiger partial charge in [0.1, 0.15) is 11.7 Å². The molecule has 0 unspecified atom stereocenters. The molecule has 4 N–H and O–H groups in total. The molecule has 1 aromatic rings. The van der Waals surface area contributed by atoms with Gasteiger partial charge in [0.25, 0.3) is 5.91 Å². The summed E-state index contributed by atoms with van der Waals surface area (Å²) in [4.78, 5) is 50.1. The van der Waals surface area contributed by atoms with Crippen molar-refractivity contribution >= 4 is 23.6 Å². The summed E-state index contributed by atoms with van der Waals surface area (Å²) in [6.45, 7) is 8.35. The number of Topliss-reactive ketones (excluding diaryl/α,β-unsaturated/α-hetero) is 1. The second-order valence-corrected chi connectivity index (χ2v) is 6.66. The van der Waals surface area contributed by atoms with Crippen molar-refractivity contribution in [2.45, 2.75) is 53.5 Å². The first kappa shape index (κ1) is 21.4. The number of hydrogen-bond donors (Lipinski definition) is 4. The molecular weight excluding hydrogens is 338 g/mol. The number of carbonyl (C=O) groups excluding carboxylic acids is 3. The van der Waals surface area contributed by atoms with Gasteiger partial charge in [0.2, 0.25) is 5.91 Å². The van der Waals surface area contributed by atoms with Gasteiger partial charge in [0, 0.05) is 11.3 Å². The van der Waals surface area contributed by atoms with Crippen molar-refractivity contribution in [2.75, 3.05) is 6.54 Å². The van der Waals surface area contributed by atoms with Crippen LogP contribution in [-0.2, 0) is 16.0 Å². The number of aliphatic carboxylic acids is 1. The molecule has 0 aliphatic heterocycles. The van der Waals surface area contributed by atoms with Gasteiger partial charge in [0.05, 0.1) is 6.54 Å². The second-order valence-electron chi connectivity index (χ2n) is 6.66. The van der Waals surface area contributed by atoms with E-state index in [4.69, 9.17) is 5.11 Å². The molecule has 26 heavy (non-hydrogen) atoms. The first-order valence-electron chi connectivity index (χ1n) is 8.61. The van der Waals surface area contributed by atoms with Gasteiger partial charge in [-0.1, -0.05) is 20.8 Å². The Labute approximate surface area is 152 Å². The molecule has 0 aliphatic rings. The summed E-state index contributed by atoms with van der Waals surface area (Å²) in [5, 5.41) is 14.0. The lowest BCUT2D eigenvalue weighted by atomic mass is 10.0. The molecule has 1 aromatic heterocycles. The summed E-state index contributed by atoms with van der Waals surface area (Å²) in [6.07, 6.45) is 0.788. The highest BCUT2D eigenvalue weighted by atomic mass is 16.4. The number of nitrogens with one attached hydrogen (secondary N) is 3. The molecule has 0 spiro atoms. The maximum Gasteiger partial charge on any atom is 0.326 e. The number of amides is 2. The number of aromatic nitrogens is 1. The first-order chi connectivity index (χ1) is 12.1. The van der Waals surface area contributed by atoms with E-state index in [0.717, 1.165) is 0 Å². The van der Waals surface area contributed by atoms with Gasteiger partial charge in [-0.05, 0) is 38.2 Å². The topological polar surface area (TPSA) is 128 Å². The van der Waals surface area contributed by atoms with Crippen LogP contribution in [0.15, 0.2) is 0 Å². The van der Waals surface area contributed by atoms with Gasteiger partial charge in [-0.2, -0.15) is 0 Å². The minimum atomic E-state index is -1.11. The van der Waals surface area contributed by atoms with Gasteiger partial charge in [-0.15, -0.1) is 0 Å². The fourth-order valence-corrected chi connectivity index (χ4v) is 2.89. The van der Waals surface area contributed by atoms with Crippen LogP contribution in [0.25, 0.3) is 0 Å². The average Bonchev–Trinajstić information content (AvgIpc) is 2.88. The summed E-state index contributed by atoms with van der Waals surface area (Å²) < 4.78 is 0. The molecule has 1 atom stereocenters. The van der Waals surface area contributed by atoms with E-state index in [-0.39, 0.29) is 23.9 Å². The molecular formula is C18H27N3O5. The Morgan fingerprint density at radius 3 is 2.27 bits per heavy atom. The zero-order valence-electron chi connectivity index (χ0n) is 15.9. The minimum absolute atomic E-state index is 0.102. The van der Waals surface area contributed by atoms with Crippen molar-refractivity contribution in [3.63, 3.8) is 0 Å². The van der Waals surface area contributed by atoms with Crippen molar-refractivity contribution in [3.05, 3.63) is 22.5 Å². The normalized spacial score (nSPS) is 11.9. The highest BCUT2D eigenvalue weighted by Gasteiger charge is 2.23. The Morgan fingerprint density at radius 2 is 1.81 bits per heavy atom. The van der Waals surface area contributed by atoms with E-state index >= 15 is 0 Å². The highest BCUT2D eigenvalue weighted by molar-refractivity contribution is 6.03. The van der Waals surface area contributed by atoms with Crippen LogP contribution in [0.1, 0.15) is 66.2 Å². The Morgan fingerprint density at radius 1 is 1.19 bits per heavy atom. The van der Waals surface area contributed by atoms with Gasteiger partial charge in [-0.3, -0.25) is 14.4 Å². The molecule has 1 rings (SSSR count). The lowest BCUT2D eigenvalue weighted by Gasteiger charge is -2.16. The van der Waals surface area contributed by atoms with Crippen molar-refractivity contribution in [1.82, 2.24) is 15.6 Å². The minimum Gasteiger partial charge on any atom is -0.480 e. The van der Waals surface area contributed by atoms with Crippen molar-refractivity contribution in [3.8, 4) is 0 Å². The summed E-state index contributed by atoms with van der Waals surface area (Å²) in [7, 11) is 0. The van der Waals surface area contributed by atoms with E-state index in [9.17, 15) is 19.2 Å². The quantitative estimate of drug-likeness (QED) is 0.492. The number of hydrogen-bond acceptors (Lipinski definition) is 4. The SMILES string of the molecule is CCc1c(C(=O)NCC(=O)N[C@@H](CC(C)C)C(=O)O)[nH]c(C)c1C(C)=O. The van der Waals surface area contributed by atoms with Crippen LogP contribution < -0.4 is 10.6 Å². The number of rotatable bonds is 9. The molecule has 8 heteroatoms. The third-order valence-electron chi connectivity index (χ3n) is 3.97. The maximum absolute atomic E-state index is 12.4. The fourth-order valence-electron chi connectivity index (χ4n) is 2.89. The molecule has 2 amide bonds. The van der Waals surface area contributed by atoms with Crippen molar-refractivity contribution < 1.29 is 24.3 Å². The summed E-state index contributed by atoms with van der Waals surface area (Å²) in [5.41, 5.74) is 1.95. The van der Waals surface area contributed by atoms with Crippen LogP contribution in [0, 0.1) is 12.8 Å². The van der Waals surface area contributed by atoms with E-state index in [0.29, 0.717) is 29.7 Å². The highest BCUT2D eigenvalue weighted by Crippen LogP contribution is 2.20. The number of aromatic amines is 1. The summed E-state index contributed by atoms with van der Waals surface area (Å²) in [6, 6.07) is -0.998. The summed E-state index contributed by atoms with van der Waals surface area (Å²) in [5.74, 6) is -2.24. The number of ketones is 1. The Balaban J connectivity index is 2.77. The maximum atomic E-state index is 12.4. The molecule has 8 nitrogen and oxygen atoms in total. The van der Waals surface area contributed by atoms with Gasteiger partial charge in [0.15, 0.2) is 5.78 Å². The molecule has 0 aromatic carbocycles. The number of carboxylic acids is 1. The van der Waals surface area contributed by atoms with E-state index in [1.165, 1.54) is 6.92 Å². The number of H-pyrrole nitrogens is 1. The van der Waals surface area contributed by atoms with Crippen LogP contribution in [0.4, 0.5) is 0 Å². The van der Waals surface area contributed by atoms with Crippen molar-refractivity contribution in [2.24, 2.45) is 5.92 Å². The predicted molar refractivity (Wildman–Crippen MR) is 96.3 cm³/mol. The smallest absolute Gasteiger partial charge is 0.326 e. The number of carbonyl (C=O) groups is 4. The molecule has 0 saturated carbocycles. The molecule has 1 heterocycles. The Kier molecular flexibility index (Phi) is 7.55. The average molecular weight is 365 g/mol. The number of aryl methyl sites for hydroxylation is 1. The molecule has 0 radical (unpaired) electrons. The third kappa shape index (κ3) is 5.44. The Bertz CT molecular complexity index is 706. The fraction of sp³-hybridized carbons (Fsp3) is 0.556. The molecule has 0 bridgehead atoms. The lowest BCUT2D eigenvalue weighted by molar-refractivity contribution is -0.142. The van der Waals surface area contributed by atoms with Gasteiger partial charge in [-0.25, -0.2) is 4.79 Å². The Hall–Kier alpha value is -2.64. The van der Waals surface area contributed by atoms with E-state index in [1.54, 1.807) is 6.92 Å². The lowest BCUT2D eigenvalue weighted by Crippen LogP contribution is -2.46. The zero-order valence-corrected chi connectivity index (χ0v) is 15.9. The van der Waals surface area contributed by atoms with Gasteiger partial charge < -0.3 is 20.7 Å². The van der Waals surface area contributed by atoms with Crippen LogP contribution >= 0.6 is 0 Å². The summed E-state index contributed by atoms with van der Waals surface area (Å²) >= 11 is 0. The molecule has 0 aliphatic carbocycles. The van der Waals surface area contributed by atoms with Crippen molar-refractivity contribution in [1.29, 1.82) is 0 Å². The molecule has 0 saturated heterocycles. The van der Waals surface area contributed by atoms with Crippen LogP contribution in [-0.4, -0.2) is 46.2 Å². The van der Waals surface area contributed by atoms with Crippen LogP contribution in [0.5, 0.6) is 0 Å². The second kappa shape index (κ2) is 9.17.